The molecule has 1 N–H and O–H groups in total. The predicted molar refractivity (Wildman–Crippen MR) is 79.4 cm³/mol. The standard InChI is InChI=1S/C14H16N4OS/c1-10-4-5-11-12(8-10)17-14(16-11)20-9-13(19)18(2)7-3-6-15/h4-5,8H,3,7,9H2,1-2H3,(H,16,17). The van der Waals surface area contributed by atoms with E-state index in [4.69, 9.17) is 5.26 Å². The molecule has 2 rings (SSSR count). The average molecular weight is 288 g/mol. The number of aryl methyl sites for hydroxylation is 1. The van der Waals surface area contributed by atoms with Crippen LogP contribution in [0.4, 0.5) is 0 Å². The van der Waals surface area contributed by atoms with Crippen LogP contribution in [-0.2, 0) is 4.79 Å². The van der Waals surface area contributed by atoms with Gasteiger partial charge in [0.1, 0.15) is 0 Å². The first-order valence-corrected chi connectivity index (χ1v) is 7.29. The zero-order chi connectivity index (χ0) is 14.5. The van der Waals surface area contributed by atoms with Crippen LogP contribution in [0.3, 0.4) is 0 Å². The molecular formula is C14H16N4OS. The van der Waals surface area contributed by atoms with Crippen molar-refractivity contribution in [1.29, 1.82) is 5.26 Å². The largest absolute Gasteiger partial charge is 0.344 e. The minimum atomic E-state index is 0.00175. The number of aromatic amines is 1. The van der Waals surface area contributed by atoms with Crippen molar-refractivity contribution in [3.05, 3.63) is 23.8 Å². The monoisotopic (exact) mass is 288 g/mol. The second kappa shape index (κ2) is 6.44. The molecule has 1 aromatic carbocycles. The number of carbonyl (C=O) groups is 1. The number of nitrogens with zero attached hydrogens (tertiary/aromatic N) is 3. The van der Waals surface area contributed by atoms with Crippen LogP contribution in [0.15, 0.2) is 23.4 Å². The lowest BCUT2D eigenvalue weighted by Gasteiger charge is -2.14. The quantitative estimate of drug-likeness (QED) is 0.857. The minimum Gasteiger partial charge on any atom is -0.344 e. The molecule has 0 spiro atoms. The number of thioether (sulfide) groups is 1. The molecule has 2 aromatic rings. The van der Waals surface area contributed by atoms with Crippen molar-refractivity contribution in [2.75, 3.05) is 19.3 Å². The first-order chi connectivity index (χ1) is 9.60. The Morgan fingerprint density at radius 1 is 1.55 bits per heavy atom. The van der Waals surface area contributed by atoms with E-state index in [0.717, 1.165) is 16.2 Å². The van der Waals surface area contributed by atoms with E-state index >= 15 is 0 Å². The van der Waals surface area contributed by atoms with Gasteiger partial charge in [-0.3, -0.25) is 4.79 Å². The van der Waals surface area contributed by atoms with E-state index in [1.165, 1.54) is 17.3 Å². The zero-order valence-electron chi connectivity index (χ0n) is 11.5. The fourth-order valence-electron chi connectivity index (χ4n) is 1.75. The molecule has 0 bridgehead atoms. The Kier molecular flexibility index (Phi) is 4.64. The second-order valence-electron chi connectivity index (χ2n) is 4.57. The maximum Gasteiger partial charge on any atom is 0.232 e. The van der Waals surface area contributed by atoms with Gasteiger partial charge < -0.3 is 9.88 Å². The molecule has 0 saturated heterocycles. The van der Waals surface area contributed by atoms with Gasteiger partial charge in [0, 0.05) is 13.6 Å². The number of benzene rings is 1. The Bertz CT molecular complexity index is 659. The second-order valence-corrected chi connectivity index (χ2v) is 5.54. The van der Waals surface area contributed by atoms with Gasteiger partial charge in [-0.1, -0.05) is 17.8 Å². The summed E-state index contributed by atoms with van der Waals surface area (Å²) in [7, 11) is 1.71. The van der Waals surface area contributed by atoms with Crippen LogP contribution in [0.2, 0.25) is 0 Å². The van der Waals surface area contributed by atoms with Gasteiger partial charge in [-0.2, -0.15) is 5.26 Å². The number of hydrogen-bond donors (Lipinski definition) is 1. The number of hydrogen-bond acceptors (Lipinski definition) is 4. The smallest absolute Gasteiger partial charge is 0.232 e. The van der Waals surface area contributed by atoms with Crippen LogP contribution in [0.25, 0.3) is 11.0 Å². The van der Waals surface area contributed by atoms with Gasteiger partial charge in [-0.15, -0.1) is 0 Å². The molecule has 0 unspecified atom stereocenters. The highest BCUT2D eigenvalue weighted by Gasteiger charge is 2.11. The molecule has 6 heteroatoms. The van der Waals surface area contributed by atoms with Crippen molar-refractivity contribution >= 4 is 28.7 Å². The summed E-state index contributed by atoms with van der Waals surface area (Å²) in [5, 5.41) is 9.24. The molecule has 0 atom stereocenters. The number of nitriles is 1. The molecule has 104 valence electrons. The summed E-state index contributed by atoms with van der Waals surface area (Å²) < 4.78 is 0. The molecule has 0 fully saturated rings. The van der Waals surface area contributed by atoms with E-state index in [9.17, 15) is 4.79 Å². The fraction of sp³-hybridized carbons (Fsp3) is 0.357. The minimum absolute atomic E-state index is 0.00175. The number of imidazole rings is 1. The van der Waals surface area contributed by atoms with Crippen LogP contribution in [0.1, 0.15) is 12.0 Å². The Balaban J connectivity index is 1.95. The van der Waals surface area contributed by atoms with Crippen LogP contribution in [0, 0.1) is 18.3 Å². The third-order valence-corrected chi connectivity index (χ3v) is 3.79. The molecule has 1 amide bonds. The van der Waals surface area contributed by atoms with Gasteiger partial charge in [-0.05, 0) is 24.6 Å². The van der Waals surface area contributed by atoms with E-state index in [-0.39, 0.29) is 5.91 Å². The summed E-state index contributed by atoms with van der Waals surface area (Å²) in [4.78, 5) is 21.1. The topological polar surface area (TPSA) is 72.8 Å². The summed E-state index contributed by atoms with van der Waals surface area (Å²) in [5.41, 5.74) is 3.06. The van der Waals surface area contributed by atoms with Gasteiger partial charge in [0.25, 0.3) is 0 Å². The van der Waals surface area contributed by atoms with Crippen LogP contribution in [0.5, 0.6) is 0 Å². The summed E-state index contributed by atoms with van der Waals surface area (Å²) in [6, 6.07) is 8.04. The van der Waals surface area contributed by atoms with Crippen molar-refractivity contribution in [1.82, 2.24) is 14.9 Å². The van der Waals surface area contributed by atoms with E-state index in [1.807, 2.05) is 31.2 Å². The molecule has 0 aliphatic rings. The lowest BCUT2D eigenvalue weighted by molar-refractivity contribution is -0.127. The maximum absolute atomic E-state index is 11.8. The van der Waals surface area contributed by atoms with Crippen molar-refractivity contribution in [2.24, 2.45) is 0 Å². The summed E-state index contributed by atoms with van der Waals surface area (Å²) >= 11 is 1.38. The Morgan fingerprint density at radius 3 is 3.10 bits per heavy atom. The van der Waals surface area contributed by atoms with Crippen molar-refractivity contribution in [2.45, 2.75) is 18.5 Å². The fourth-order valence-corrected chi connectivity index (χ4v) is 2.58. The lowest BCUT2D eigenvalue weighted by Crippen LogP contribution is -2.29. The number of amides is 1. The SMILES string of the molecule is Cc1ccc2nc(SCC(=O)N(C)CCC#N)[nH]c2c1. The molecule has 0 saturated carbocycles. The van der Waals surface area contributed by atoms with E-state index in [1.54, 1.807) is 11.9 Å². The lowest BCUT2D eigenvalue weighted by atomic mass is 10.2. The zero-order valence-corrected chi connectivity index (χ0v) is 12.3. The number of H-pyrrole nitrogens is 1. The summed E-state index contributed by atoms with van der Waals surface area (Å²) in [6.45, 7) is 2.50. The summed E-state index contributed by atoms with van der Waals surface area (Å²) in [5.74, 6) is 0.322. The van der Waals surface area contributed by atoms with E-state index in [0.29, 0.717) is 18.7 Å². The third-order valence-electron chi connectivity index (χ3n) is 2.93. The van der Waals surface area contributed by atoms with Crippen LogP contribution >= 0.6 is 11.8 Å². The Labute approximate surface area is 122 Å². The van der Waals surface area contributed by atoms with E-state index in [2.05, 4.69) is 9.97 Å². The number of fused-ring (bicyclic) bond motifs is 1. The molecule has 5 nitrogen and oxygen atoms in total. The van der Waals surface area contributed by atoms with Crippen molar-refractivity contribution < 1.29 is 4.79 Å². The van der Waals surface area contributed by atoms with Crippen LogP contribution in [-0.4, -0.2) is 40.1 Å². The molecule has 0 radical (unpaired) electrons. The van der Waals surface area contributed by atoms with Gasteiger partial charge in [0.15, 0.2) is 5.16 Å². The van der Waals surface area contributed by atoms with Gasteiger partial charge in [0.2, 0.25) is 5.91 Å². The van der Waals surface area contributed by atoms with Crippen LogP contribution < -0.4 is 0 Å². The van der Waals surface area contributed by atoms with Gasteiger partial charge in [0.05, 0.1) is 29.3 Å². The maximum atomic E-state index is 11.8. The van der Waals surface area contributed by atoms with E-state index < -0.39 is 0 Å². The molecule has 0 aliphatic heterocycles. The number of aromatic nitrogens is 2. The first kappa shape index (κ1) is 14.4. The summed E-state index contributed by atoms with van der Waals surface area (Å²) in [6.07, 6.45) is 0.358. The molecule has 20 heavy (non-hydrogen) atoms. The molecule has 0 aliphatic carbocycles. The third kappa shape index (κ3) is 3.52. The Morgan fingerprint density at radius 2 is 2.35 bits per heavy atom. The molecule has 1 heterocycles. The number of nitrogens with one attached hydrogen (secondary N) is 1. The molecule has 1 aromatic heterocycles. The van der Waals surface area contributed by atoms with Crippen molar-refractivity contribution in [3.63, 3.8) is 0 Å². The van der Waals surface area contributed by atoms with Gasteiger partial charge >= 0.3 is 0 Å². The highest BCUT2D eigenvalue weighted by molar-refractivity contribution is 7.99. The number of rotatable bonds is 5. The van der Waals surface area contributed by atoms with Crippen molar-refractivity contribution in [3.8, 4) is 6.07 Å². The normalized spacial score (nSPS) is 10.4. The molecular weight excluding hydrogens is 272 g/mol. The first-order valence-electron chi connectivity index (χ1n) is 6.30. The van der Waals surface area contributed by atoms with Gasteiger partial charge in [-0.25, -0.2) is 4.98 Å². The highest BCUT2D eigenvalue weighted by Crippen LogP contribution is 2.20. The Hall–Kier alpha value is -2.00. The number of carbonyl (C=O) groups excluding carboxylic acids is 1. The average Bonchev–Trinajstić information content (AvgIpc) is 2.83. The predicted octanol–water partition coefficient (Wildman–Crippen LogP) is 2.34. The highest BCUT2D eigenvalue weighted by atomic mass is 32.2.